The molecule has 0 fully saturated rings. The number of allylic oxidation sites excluding steroid dienone is 6. The Bertz CT molecular complexity index is 3500. The molecule has 0 amide bonds. The SMILES string of the molecule is C/C=C(\C=C/C1=CC(CC)c2cc(N(c3ccc(-c4ccccc4)cc3)c3cccc(C)c3-c3ccccc3CCC)ccc21)c1cccc2c3cccc4c5ccc(C)cc5n(c12)c43. The minimum absolute atomic E-state index is 0.307. The molecule has 1 aliphatic carbocycles. The summed E-state index contributed by atoms with van der Waals surface area (Å²) in [6.07, 6.45) is 12.6. The summed E-state index contributed by atoms with van der Waals surface area (Å²) in [4.78, 5) is 2.50. The van der Waals surface area contributed by atoms with E-state index in [-0.39, 0.29) is 0 Å². The van der Waals surface area contributed by atoms with Gasteiger partial charge in [-0.15, -0.1) is 0 Å². The van der Waals surface area contributed by atoms with Gasteiger partial charge in [0.25, 0.3) is 0 Å². The Hall–Kier alpha value is -7.42. The molecule has 0 N–H and O–H groups in total. The minimum Gasteiger partial charge on any atom is -0.310 e. The van der Waals surface area contributed by atoms with Crippen LogP contribution >= 0.6 is 0 Å². The minimum atomic E-state index is 0.307. The number of para-hydroxylation sites is 2. The molecule has 8 aromatic carbocycles. The van der Waals surface area contributed by atoms with Crippen LogP contribution in [0.2, 0.25) is 0 Å². The quantitative estimate of drug-likeness (QED) is 0.118. The number of benzene rings is 8. The van der Waals surface area contributed by atoms with Crippen LogP contribution < -0.4 is 4.90 Å². The second kappa shape index (κ2) is 16.6. The van der Waals surface area contributed by atoms with E-state index in [1.807, 2.05) is 0 Å². The van der Waals surface area contributed by atoms with E-state index in [1.54, 1.807) is 0 Å². The molecule has 0 spiro atoms. The molecule has 0 radical (unpaired) electrons. The van der Waals surface area contributed by atoms with E-state index >= 15 is 0 Å². The summed E-state index contributed by atoms with van der Waals surface area (Å²) in [6, 6.07) is 63.3. The molecule has 2 nitrogen and oxygen atoms in total. The maximum atomic E-state index is 2.52. The van der Waals surface area contributed by atoms with Crippen molar-refractivity contribution in [2.75, 3.05) is 4.90 Å². The van der Waals surface area contributed by atoms with Crippen LogP contribution in [0.4, 0.5) is 17.1 Å². The zero-order valence-electron chi connectivity index (χ0n) is 38.1. The summed E-state index contributed by atoms with van der Waals surface area (Å²) < 4.78 is 2.52. The van der Waals surface area contributed by atoms with E-state index in [1.165, 1.54) is 116 Å². The van der Waals surface area contributed by atoms with Gasteiger partial charge in [0.2, 0.25) is 0 Å². The van der Waals surface area contributed by atoms with Crippen LogP contribution in [0.3, 0.4) is 0 Å². The Morgan fingerprint density at radius 3 is 2.11 bits per heavy atom. The monoisotopic (exact) mass is 838 g/mol. The lowest BCUT2D eigenvalue weighted by Gasteiger charge is -2.30. The Kier molecular flexibility index (Phi) is 10.3. The number of hydrogen-bond donors (Lipinski definition) is 0. The van der Waals surface area contributed by atoms with E-state index in [2.05, 4.69) is 238 Å². The first kappa shape index (κ1) is 40.4. The van der Waals surface area contributed by atoms with Crippen LogP contribution in [0.15, 0.2) is 194 Å². The zero-order valence-corrected chi connectivity index (χ0v) is 38.1. The molecule has 2 heteroatoms. The molecular weight excluding hydrogens is 785 g/mol. The molecule has 2 aromatic heterocycles. The highest BCUT2D eigenvalue weighted by molar-refractivity contribution is 6.24. The van der Waals surface area contributed by atoms with Crippen LogP contribution in [-0.4, -0.2) is 4.40 Å². The molecule has 1 unspecified atom stereocenters. The Balaban J connectivity index is 1.01. The molecule has 316 valence electrons. The summed E-state index contributed by atoms with van der Waals surface area (Å²) in [6.45, 7) is 11.2. The molecule has 0 aliphatic heterocycles. The largest absolute Gasteiger partial charge is 0.310 e. The second-order valence-corrected chi connectivity index (χ2v) is 17.9. The lowest BCUT2D eigenvalue weighted by atomic mass is 9.91. The summed E-state index contributed by atoms with van der Waals surface area (Å²) in [5, 5.41) is 5.24. The summed E-state index contributed by atoms with van der Waals surface area (Å²) in [5.41, 5.74) is 22.8. The summed E-state index contributed by atoms with van der Waals surface area (Å²) in [5.74, 6) is 0.307. The van der Waals surface area contributed by atoms with Gasteiger partial charge in [-0.3, -0.25) is 0 Å². The summed E-state index contributed by atoms with van der Waals surface area (Å²) >= 11 is 0. The standard InChI is InChI=1S/C63H54N2/c1-6-17-47-21-12-13-22-52(47)61-42(5)18-14-27-59(61)64(49-33-31-46(32-34-49)45-19-10-9-11-20-45)50-35-37-51-48(39-44(8-3)58(51)40-50)30-29-43(7-2)53-23-15-25-56-57-26-16-24-55-54-36-28-41(4)38-60(54)65(62(53)56)63(55)57/h7,9-16,18-40,44H,6,8,17H2,1-5H3/b30-29-,43-7+. The molecule has 0 saturated heterocycles. The number of aromatic nitrogens is 1. The fourth-order valence-corrected chi connectivity index (χ4v) is 10.8. The van der Waals surface area contributed by atoms with Crippen LogP contribution in [0, 0.1) is 13.8 Å². The highest BCUT2D eigenvalue weighted by Gasteiger charge is 2.26. The normalized spacial score (nSPS) is 14.1. The van der Waals surface area contributed by atoms with Crippen molar-refractivity contribution < 1.29 is 0 Å². The van der Waals surface area contributed by atoms with Crippen molar-refractivity contribution in [1.82, 2.24) is 4.40 Å². The van der Waals surface area contributed by atoms with Crippen LogP contribution in [0.5, 0.6) is 0 Å². The fourth-order valence-electron chi connectivity index (χ4n) is 10.8. The molecule has 0 saturated carbocycles. The van der Waals surface area contributed by atoms with Crippen LogP contribution in [0.25, 0.3) is 71.5 Å². The smallest absolute Gasteiger partial charge is 0.0620 e. The topological polar surface area (TPSA) is 7.65 Å². The first-order valence-electron chi connectivity index (χ1n) is 23.5. The van der Waals surface area contributed by atoms with E-state index in [9.17, 15) is 0 Å². The maximum Gasteiger partial charge on any atom is 0.0620 e. The molecule has 10 aromatic rings. The van der Waals surface area contributed by atoms with Gasteiger partial charge in [-0.1, -0.05) is 178 Å². The molecule has 1 aliphatic rings. The van der Waals surface area contributed by atoms with Crippen molar-refractivity contribution in [2.24, 2.45) is 0 Å². The van der Waals surface area contributed by atoms with Gasteiger partial charge in [0.15, 0.2) is 0 Å². The fraction of sp³-hybridized carbons (Fsp3) is 0.143. The summed E-state index contributed by atoms with van der Waals surface area (Å²) in [7, 11) is 0. The van der Waals surface area contributed by atoms with Crippen molar-refractivity contribution in [3.8, 4) is 22.3 Å². The van der Waals surface area contributed by atoms with E-state index in [4.69, 9.17) is 0 Å². The van der Waals surface area contributed by atoms with Crippen molar-refractivity contribution in [3.63, 3.8) is 0 Å². The van der Waals surface area contributed by atoms with E-state index in [0.717, 1.165) is 24.9 Å². The van der Waals surface area contributed by atoms with Gasteiger partial charge in [-0.25, -0.2) is 0 Å². The molecule has 2 heterocycles. The van der Waals surface area contributed by atoms with Crippen molar-refractivity contribution in [1.29, 1.82) is 0 Å². The van der Waals surface area contributed by atoms with Crippen molar-refractivity contribution in [2.45, 2.75) is 59.8 Å². The zero-order chi connectivity index (χ0) is 44.2. The van der Waals surface area contributed by atoms with Gasteiger partial charge < -0.3 is 9.30 Å². The third-order valence-corrected chi connectivity index (χ3v) is 13.9. The highest BCUT2D eigenvalue weighted by atomic mass is 15.1. The van der Waals surface area contributed by atoms with Gasteiger partial charge >= 0.3 is 0 Å². The number of aryl methyl sites for hydroxylation is 3. The first-order valence-corrected chi connectivity index (χ1v) is 23.5. The van der Waals surface area contributed by atoms with Crippen molar-refractivity contribution >= 4 is 66.3 Å². The number of rotatable bonds is 11. The molecule has 11 rings (SSSR count). The molecule has 65 heavy (non-hydrogen) atoms. The predicted octanol–water partition coefficient (Wildman–Crippen LogP) is 17.8. The van der Waals surface area contributed by atoms with Crippen LogP contribution in [0.1, 0.15) is 72.9 Å². The Morgan fingerprint density at radius 1 is 0.615 bits per heavy atom. The third kappa shape index (κ3) is 6.79. The third-order valence-electron chi connectivity index (χ3n) is 13.9. The predicted molar refractivity (Wildman–Crippen MR) is 280 cm³/mol. The Labute approximate surface area is 383 Å². The molecule has 1 atom stereocenters. The number of anilines is 3. The molecule has 0 bridgehead atoms. The second-order valence-electron chi connectivity index (χ2n) is 17.9. The lowest BCUT2D eigenvalue weighted by molar-refractivity contribution is 0.818. The first-order chi connectivity index (χ1) is 31.9. The van der Waals surface area contributed by atoms with Gasteiger partial charge in [-0.05, 0) is 126 Å². The molecular formula is C63H54N2. The lowest BCUT2D eigenvalue weighted by Crippen LogP contribution is -2.13. The van der Waals surface area contributed by atoms with Gasteiger partial charge in [0.1, 0.15) is 0 Å². The van der Waals surface area contributed by atoms with Crippen molar-refractivity contribution in [3.05, 3.63) is 228 Å². The average molecular weight is 839 g/mol. The number of fused-ring (bicyclic) bond motifs is 7. The number of nitrogens with zero attached hydrogens (tertiary/aromatic N) is 2. The average Bonchev–Trinajstić information content (AvgIpc) is 3.99. The van der Waals surface area contributed by atoms with Crippen LogP contribution in [-0.2, 0) is 6.42 Å². The van der Waals surface area contributed by atoms with E-state index < -0.39 is 0 Å². The van der Waals surface area contributed by atoms with E-state index in [0.29, 0.717) is 5.92 Å². The maximum absolute atomic E-state index is 2.52. The number of hydrogen-bond acceptors (Lipinski definition) is 1. The highest BCUT2D eigenvalue weighted by Crippen LogP contribution is 2.48. The van der Waals surface area contributed by atoms with Gasteiger partial charge in [0, 0.05) is 50.0 Å². The van der Waals surface area contributed by atoms with Gasteiger partial charge in [0.05, 0.1) is 22.2 Å². The Morgan fingerprint density at radius 2 is 1.32 bits per heavy atom. The van der Waals surface area contributed by atoms with Gasteiger partial charge in [-0.2, -0.15) is 0 Å².